The van der Waals surface area contributed by atoms with Crippen molar-refractivity contribution in [3.05, 3.63) is 59.0 Å². The summed E-state index contributed by atoms with van der Waals surface area (Å²) >= 11 is 1.28. The highest BCUT2D eigenvalue weighted by Crippen LogP contribution is 2.35. The first kappa shape index (κ1) is 16.5. The Morgan fingerprint density at radius 1 is 1.27 bits per heavy atom. The lowest BCUT2D eigenvalue weighted by molar-refractivity contribution is -0.117. The van der Waals surface area contributed by atoms with E-state index < -0.39 is 0 Å². The van der Waals surface area contributed by atoms with E-state index in [-0.39, 0.29) is 23.5 Å². The number of para-hydroxylation sites is 1. The molecule has 1 aliphatic rings. The highest BCUT2D eigenvalue weighted by molar-refractivity contribution is 7.15. The van der Waals surface area contributed by atoms with E-state index in [1.54, 1.807) is 17.0 Å². The molecule has 1 aliphatic heterocycles. The Labute approximate surface area is 153 Å². The molecule has 2 aromatic heterocycles. The van der Waals surface area contributed by atoms with E-state index in [4.69, 9.17) is 4.42 Å². The Bertz CT molecular complexity index is 951. The van der Waals surface area contributed by atoms with Gasteiger partial charge in [0.25, 0.3) is 5.91 Å². The van der Waals surface area contributed by atoms with Gasteiger partial charge in [0.05, 0.1) is 6.26 Å². The molecule has 0 unspecified atom stereocenters. The maximum absolute atomic E-state index is 12.5. The molecule has 8 heteroatoms. The van der Waals surface area contributed by atoms with Crippen LogP contribution in [-0.2, 0) is 4.79 Å². The number of furan rings is 1. The summed E-state index contributed by atoms with van der Waals surface area (Å²) < 4.78 is 5.06. The van der Waals surface area contributed by atoms with Crippen molar-refractivity contribution in [1.29, 1.82) is 0 Å². The fourth-order valence-electron chi connectivity index (χ4n) is 2.99. The van der Waals surface area contributed by atoms with Gasteiger partial charge in [-0.3, -0.25) is 14.9 Å². The van der Waals surface area contributed by atoms with Gasteiger partial charge in [-0.15, -0.1) is 10.2 Å². The van der Waals surface area contributed by atoms with Crippen LogP contribution in [0.3, 0.4) is 0 Å². The minimum Gasteiger partial charge on any atom is -0.459 e. The Morgan fingerprint density at radius 3 is 2.88 bits per heavy atom. The van der Waals surface area contributed by atoms with Crippen molar-refractivity contribution in [2.45, 2.75) is 19.3 Å². The van der Waals surface area contributed by atoms with Gasteiger partial charge in [0, 0.05) is 24.6 Å². The molecule has 0 saturated carbocycles. The van der Waals surface area contributed by atoms with Crippen LogP contribution >= 0.6 is 11.3 Å². The van der Waals surface area contributed by atoms with E-state index in [2.05, 4.69) is 15.5 Å². The normalized spacial score (nSPS) is 16.9. The number of carbonyl (C=O) groups is 2. The van der Waals surface area contributed by atoms with E-state index in [0.29, 0.717) is 18.1 Å². The molecule has 3 aromatic rings. The summed E-state index contributed by atoms with van der Waals surface area (Å²) in [6, 6.07) is 11.0. The molecule has 3 heterocycles. The fraction of sp³-hybridized carbons (Fsp3) is 0.222. The molecule has 0 bridgehead atoms. The van der Waals surface area contributed by atoms with Crippen molar-refractivity contribution in [2.75, 3.05) is 16.8 Å². The third-order valence-corrected chi connectivity index (χ3v) is 5.29. The van der Waals surface area contributed by atoms with Gasteiger partial charge in [0.15, 0.2) is 5.76 Å². The molecule has 4 rings (SSSR count). The van der Waals surface area contributed by atoms with Crippen LogP contribution in [0.15, 0.2) is 47.1 Å². The molecule has 1 saturated heterocycles. The molecule has 132 valence electrons. The van der Waals surface area contributed by atoms with Gasteiger partial charge in [0.1, 0.15) is 5.01 Å². The van der Waals surface area contributed by atoms with Crippen molar-refractivity contribution < 1.29 is 14.0 Å². The fourth-order valence-corrected chi connectivity index (χ4v) is 3.82. The molecule has 0 spiro atoms. The summed E-state index contributed by atoms with van der Waals surface area (Å²) in [5.74, 6) is -0.125. The standard InChI is InChI=1S/C18H16N4O3S/c1-11-5-2-3-6-13(11)22-10-12(9-15(22)23)17-20-21-18(26-17)19-16(24)14-7-4-8-25-14/h2-8,12H,9-10H2,1H3,(H,19,21,24)/t12-/m1/s1. The van der Waals surface area contributed by atoms with Crippen molar-refractivity contribution in [2.24, 2.45) is 0 Å². The molecule has 0 radical (unpaired) electrons. The Balaban J connectivity index is 1.48. The van der Waals surface area contributed by atoms with Crippen LogP contribution in [0.1, 0.15) is 33.5 Å². The number of benzene rings is 1. The first-order valence-electron chi connectivity index (χ1n) is 8.16. The molecule has 1 aromatic carbocycles. The van der Waals surface area contributed by atoms with Crippen molar-refractivity contribution >= 4 is 34.0 Å². The Kier molecular flexibility index (Phi) is 4.26. The minimum atomic E-state index is -0.373. The number of anilines is 2. The summed E-state index contributed by atoms with van der Waals surface area (Å²) in [7, 11) is 0. The maximum atomic E-state index is 12.5. The second-order valence-electron chi connectivity index (χ2n) is 6.07. The largest absolute Gasteiger partial charge is 0.459 e. The van der Waals surface area contributed by atoms with E-state index in [0.717, 1.165) is 16.3 Å². The van der Waals surface area contributed by atoms with Crippen LogP contribution < -0.4 is 10.2 Å². The smallest absolute Gasteiger partial charge is 0.293 e. The summed E-state index contributed by atoms with van der Waals surface area (Å²) in [5.41, 5.74) is 1.99. The van der Waals surface area contributed by atoms with E-state index in [1.165, 1.54) is 17.6 Å². The summed E-state index contributed by atoms with van der Waals surface area (Å²) in [6.07, 6.45) is 1.82. The number of nitrogens with one attached hydrogen (secondary N) is 1. The van der Waals surface area contributed by atoms with Crippen LogP contribution in [-0.4, -0.2) is 28.6 Å². The molecule has 7 nitrogen and oxygen atoms in total. The van der Waals surface area contributed by atoms with Gasteiger partial charge in [-0.25, -0.2) is 0 Å². The van der Waals surface area contributed by atoms with Crippen LogP contribution in [0.4, 0.5) is 10.8 Å². The van der Waals surface area contributed by atoms with Crippen LogP contribution in [0.5, 0.6) is 0 Å². The quantitative estimate of drug-likeness (QED) is 0.764. The van der Waals surface area contributed by atoms with Gasteiger partial charge in [-0.1, -0.05) is 29.5 Å². The predicted octanol–water partition coefficient (Wildman–Crippen LogP) is 3.21. The van der Waals surface area contributed by atoms with Gasteiger partial charge in [0.2, 0.25) is 11.0 Å². The van der Waals surface area contributed by atoms with E-state index >= 15 is 0 Å². The van der Waals surface area contributed by atoms with Crippen LogP contribution in [0, 0.1) is 6.92 Å². The van der Waals surface area contributed by atoms with Gasteiger partial charge < -0.3 is 9.32 Å². The average Bonchev–Trinajstić information content (AvgIpc) is 3.36. The van der Waals surface area contributed by atoms with Crippen molar-refractivity contribution in [3.63, 3.8) is 0 Å². The number of amides is 2. The maximum Gasteiger partial charge on any atom is 0.293 e. The van der Waals surface area contributed by atoms with E-state index in [9.17, 15) is 9.59 Å². The highest BCUT2D eigenvalue weighted by atomic mass is 32.1. The van der Waals surface area contributed by atoms with Crippen LogP contribution in [0.2, 0.25) is 0 Å². The molecule has 1 fully saturated rings. The number of aryl methyl sites for hydroxylation is 1. The van der Waals surface area contributed by atoms with Gasteiger partial charge in [-0.05, 0) is 30.7 Å². The van der Waals surface area contributed by atoms with Crippen molar-refractivity contribution in [3.8, 4) is 0 Å². The number of hydrogen-bond acceptors (Lipinski definition) is 6. The second kappa shape index (κ2) is 6.72. The molecular weight excluding hydrogens is 352 g/mol. The van der Waals surface area contributed by atoms with Crippen LogP contribution in [0.25, 0.3) is 0 Å². The average molecular weight is 368 g/mol. The summed E-state index contributed by atoms with van der Waals surface area (Å²) in [6.45, 7) is 2.55. The number of aromatic nitrogens is 2. The number of hydrogen-bond donors (Lipinski definition) is 1. The number of nitrogens with zero attached hydrogens (tertiary/aromatic N) is 3. The lowest BCUT2D eigenvalue weighted by Gasteiger charge is -2.18. The third kappa shape index (κ3) is 3.11. The number of rotatable bonds is 4. The highest BCUT2D eigenvalue weighted by Gasteiger charge is 2.34. The number of carbonyl (C=O) groups excluding carboxylic acids is 2. The molecule has 0 aliphatic carbocycles. The molecule has 26 heavy (non-hydrogen) atoms. The lowest BCUT2D eigenvalue weighted by atomic mass is 10.1. The second-order valence-corrected chi connectivity index (χ2v) is 7.08. The zero-order valence-electron chi connectivity index (χ0n) is 14.0. The van der Waals surface area contributed by atoms with Gasteiger partial charge >= 0.3 is 0 Å². The van der Waals surface area contributed by atoms with E-state index in [1.807, 2.05) is 31.2 Å². The minimum absolute atomic E-state index is 0.0335. The van der Waals surface area contributed by atoms with Crippen molar-refractivity contribution in [1.82, 2.24) is 10.2 Å². The first-order chi connectivity index (χ1) is 12.6. The lowest BCUT2D eigenvalue weighted by Crippen LogP contribution is -2.25. The molecule has 2 amide bonds. The third-order valence-electron chi connectivity index (χ3n) is 4.29. The van der Waals surface area contributed by atoms with Gasteiger partial charge in [-0.2, -0.15) is 0 Å². The first-order valence-corrected chi connectivity index (χ1v) is 8.97. The summed E-state index contributed by atoms with van der Waals surface area (Å²) in [5, 5.41) is 12.0. The zero-order chi connectivity index (χ0) is 18.1. The molecule has 1 atom stereocenters. The molecule has 1 N–H and O–H groups in total. The monoisotopic (exact) mass is 368 g/mol. The topological polar surface area (TPSA) is 88.3 Å². The molecular formula is C18H16N4O3S. The predicted molar refractivity (Wildman–Crippen MR) is 97.5 cm³/mol. The Hall–Kier alpha value is -3.00. The SMILES string of the molecule is Cc1ccccc1N1C[C@H](c2nnc(NC(=O)c3ccco3)s2)CC1=O. The Morgan fingerprint density at radius 2 is 2.12 bits per heavy atom. The zero-order valence-corrected chi connectivity index (χ0v) is 14.8. The summed E-state index contributed by atoms with van der Waals surface area (Å²) in [4.78, 5) is 26.2.